The second-order valence-corrected chi connectivity index (χ2v) is 4.55. The fraction of sp³-hybridized carbons (Fsp3) is 0.500. The first-order valence-electron chi connectivity index (χ1n) is 5.50. The molecule has 0 amide bonds. The first-order chi connectivity index (χ1) is 7.34. The number of nitriles is 1. The molecular formula is C12H13N3. The number of hydrogen-bond donors (Lipinski definition) is 1. The summed E-state index contributed by atoms with van der Waals surface area (Å²) in [6.45, 7) is 1.00. The fourth-order valence-electron chi connectivity index (χ4n) is 2.88. The summed E-state index contributed by atoms with van der Waals surface area (Å²) in [4.78, 5) is 4.48. The number of nitrogens with one attached hydrogen (secondary N) is 1. The third-order valence-corrected chi connectivity index (χ3v) is 3.69. The summed E-state index contributed by atoms with van der Waals surface area (Å²) in [5.74, 6) is 0. The van der Waals surface area contributed by atoms with E-state index >= 15 is 0 Å². The quantitative estimate of drug-likeness (QED) is 0.696. The minimum atomic E-state index is 0.238. The van der Waals surface area contributed by atoms with E-state index < -0.39 is 0 Å². The van der Waals surface area contributed by atoms with Gasteiger partial charge in [0.2, 0.25) is 0 Å². The monoisotopic (exact) mass is 199 g/mol. The first kappa shape index (κ1) is 8.72. The molecule has 0 aromatic carbocycles. The van der Waals surface area contributed by atoms with Gasteiger partial charge < -0.3 is 5.32 Å². The highest BCUT2D eigenvalue weighted by Crippen LogP contribution is 2.46. The molecule has 1 N–H and O–H groups in total. The van der Waals surface area contributed by atoms with E-state index in [9.17, 15) is 0 Å². The molecule has 1 fully saturated rings. The maximum absolute atomic E-state index is 8.87. The summed E-state index contributed by atoms with van der Waals surface area (Å²) in [5.41, 5.74) is 3.06. The fourth-order valence-corrected chi connectivity index (χ4v) is 2.88. The van der Waals surface area contributed by atoms with Crippen LogP contribution in [0.25, 0.3) is 0 Å². The highest BCUT2D eigenvalue weighted by molar-refractivity contribution is 5.58. The van der Waals surface area contributed by atoms with E-state index in [1.807, 2.05) is 6.07 Å². The van der Waals surface area contributed by atoms with Crippen molar-refractivity contribution in [2.45, 2.75) is 31.1 Å². The Balaban J connectivity index is 2.12. The molecule has 3 heteroatoms. The van der Waals surface area contributed by atoms with Gasteiger partial charge in [-0.15, -0.1) is 0 Å². The second-order valence-electron chi connectivity index (χ2n) is 4.55. The molecule has 0 atom stereocenters. The highest BCUT2D eigenvalue weighted by Gasteiger charge is 2.42. The van der Waals surface area contributed by atoms with Crippen molar-refractivity contribution in [1.82, 2.24) is 4.98 Å². The van der Waals surface area contributed by atoms with Gasteiger partial charge in [-0.05, 0) is 25.0 Å². The number of hydrogen-bond acceptors (Lipinski definition) is 3. The molecule has 3 rings (SSSR count). The van der Waals surface area contributed by atoms with Crippen molar-refractivity contribution in [2.24, 2.45) is 0 Å². The van der Waals surface area contributed by atoms with Gasteiger partial charge in [-0.3, -0.25) is 0 Å². The van der Waals surface area contributed by atoms with Crippen molar-refractivity contribution in [3.05, 3.63) is 23.5 Å². The number of pyridine rings is 1. The van der Waals surface area contributed by atoms with Crippen molar-refractivity contribution in [2.75, 3.05) is 11.9 Å². The Kier molecular flexibility index (Phi) is 1.72. The van der Waals surface area contributed by atoms with Gasteiger partial charge in [0.05, 0.1) is 11.4 Å². The molecule has 0 bridgehead atoms. The molecule has 2 heterocycles. The molecule has 15 heavy (non-hydrogen) atoms. The van der Waals surface area contributed by atoms with E-state index in [2.05, 4.69) is 16.4 Å². The summed E-state index contributed by atoms with van der Waals surface area (Å²) < 4.78 is 0. The predicted molar refractivity (Wildman–Crippen MR) is 57.6 cm³/mol. The van der Waals surface area contributed by atoms with Crippen LogP contribution in [-0.2, 0) is 5.41 Å². The summed E-state index contributed by atoms with van der Waals surface area (Å²) in [7, 11) is 0. The Hall–Kier alpha value is -1.56. The average Bonchev–Trinajstić information content (AvgIpc) is 2.89. The molecule has 1 spiro atoms. The van der Waals surface area contributed by atoms with Crippen LogP contribution in [0.1, 0.15) is 37.1 Å². The molecule has 0 saturated heterocycles. The zero-order valence-corrected chi connectivity index (χ0v) is 8.58. The van der Waals surface area contributed by atoms with E-state index in [-0.39, 0.29) is 5.41 Å². The zero-order valence-electron chi connectivity index (χ0n) is 8.58. The van der Waals surface area contributed by atoms with E-state index in [4.69, 9.17) is 5.26 Å². The predicted octanol–water partition coefficient (Wildman–Crippen LogP) is 2.19. The third kappa shape index (κ3) is 1.14. The van der Waals surface area contributed by atoms with Gasteiger partial charge >= 0.3 is 0 Å². The lowest BCUT2D eigenvalue weighted by Gasteiger charge is -2.21. The van der Waals surface area contributed by atoms with Crippen LogP contribution < -0.4 is 5.32 Å². The molecule has 1 aromatic rings. The standard InChI is InChI=1S/C12H13N3/c13-7-9-3-4-10-11(15-9)12(8-14-10)5-1-2-6-12/h3-4,14H,1-2,5-6,8H2. The van der Waals surface area contributed by atoms with Crippen LogP contribution in [-0.4, -0.2) is 11.5 Å². The van der Waals surface area contributed by atoms with E-state index in [1.165, 1.54) is 25.7 Å². The molecule has 2 aliphatic rings. The third-order valence-electron chi connectivity index (χ3n) is 3.69. The summed E-state index contributed by atoms with van der Waals surface area (Å²) >= 11 is 0. The van der Waals surface area contributed by atoms with E-state index in [0.717, 1.165) is 17.9 Å². The molecule has 1 aliphatic heterocycles. The van der Waals surface area contributed by atoms with Crippen molar-refractivity contribution >= 4 is 5.69 Å². The minimum Gasteiger partial charge on any atom is -0.383 e. The van der Waals surface area contributed by atoms with E-state index in [1.54, 1.807) is 6.07 Å². The van der Waals surface area contributed by atoms with Crippen molar-refractivity contribution in [3.63, 3.8) is 0 Å². The van der Waals surface area contributed by atoms with Crippen molar-refractivity contribution in [1.29, 1.82) is 5.26 Å². The van der Waals surface area contributed by atoms with Crippen LogP contribution in [0.2, 0.25) is 0 Å². The second kappa shape index (κ2) is 2.96. The number of fused-ring (bicyclic) bond motifs is 2. The van der Waals surface area contributed by atoms with Crippen LogP contribution in [0.3, 0.4) is 0 Å². The Labute approximate surface area is 89.1 Å². The largest absolute Gasteiger partial charge is 0.383 e. The molecule has 76 valence electrons. The van der Waals surface area contributed by atoms with Crippen LogP contribution in [0, 0.1) is 11.3 Å². The van der Waals surface area contributed by atoms with Gasteiger partial charge in [-0.1, -0.05) is 12.8 Å². The first-order valence-corrected chi connectivity index (χ1v) is 5.50. The highest BCUT2D eigenvalue weighted by atomic mass is 15.0. The molecule has 1 saturated carbocycles. The Morgan fingerprint density at radius 1 is 1.33 bits per heavy atom. The van der Waals surface area contributed by atoms with Crippen LogP contribution in [0.4, 0.5) is 5.69 Å². The number of anilines is 1. The lowest BCUT2D eigenvalue weighted by molar-refractivity contribution is 0.476. The van der Waals surface area contributed by atoms with Gasteiger partial charge in [-0.2, -0.15) is 5.26 Å². The van der Waals surface area contributed by atoms with Crippen LogP contribution >= 0.6 is 0 Å². The van der Waals surface area contributed by atoms with Crippen LogP contribution in [0.15, 0.2) is 12.1 Å². The van der Waals surface area contributed by atoms with Gasteiger partial charge in [0, 0.05) is 12.0 Å². The van der Waals surface area contributed by atoms with Gasteiger partial charge in [-0.25, -0.2) is 4.98 Å². The summed E-state index contributed by atoms with van der Waals surface area (Å²) in [6.07, 6.45) is 5.02. The topological polar surface area (TPSA) is 48.7 Å². The minimum absolute atomic E-state index is 0.238. The zero-order chi connectivity index (χ0) is 10.3. The number of rotatable bonds is 0. The maximum atomic E-state index is 8.87. The van der Waals surface area contributed by atoms with Gasteiger partial charge in [0.25, 0.3) is 0 Å². The van der Waals surface area contributed by atoms with Crippen molar-refractivity contribution in [3.8, 4) is 6.07 Å². The normalized spacial score (nSPS) is 21.0. The maximum Gasteiger partial charge on any atom is 0.140 e. The van der Waals surface area contributed by atoms with E-state index in [0.29, 0.717) is 5.69 Å². The molecular weight excluding hydrogens is 186 g/mol. The van der Waals surface area contributed by atoms with Crippen LogP contribution in [0.5, 0.6) is 0 Å². The molecule has 0 radical (unpaired) electrons. The average molecular weight is 199 g/mol. The number of nitrogens with zero attached hydrogens (tertiary/aromatic N) is 2. The molecule has 3 nitrogen and oxygen atoms in total. The SMILES string of the molecule is N#Cc1ccc2c(n1)C1(CCCC1)CN2. The lowest BCUT2D eigenvalue weighted by Crippen LogP contribution is -2.25. The molecule has 1 aromatic heterocycles. The smallest absolute Gasteiger partial charge is 0.140 e. The Bertz CT molecular complexity index is 439. The van der Waals surface area contributed by atoms with Crippen molar-refractivity contribution < 1.29 is 0 Å². The number of aromatic nitrogens is 1. The van der Waals surface area contributed by atoms with Gasteiger partial charge in [0.15, 0.2) is 0 Å². The Morgan fingerprint density at radius 2 is 2.13 bits per heavy atom. The van der Waals surface area contributed by atoms with Gasteiger partial charge in [0.1, 0.15) is 11.8 Å². The Morgan fingerprint density at radius 3 is 2.87 bits per heavy atom. The molecule has 0 unspecified atom stereocenters. The summed E-state index contributed by atoms with van der Waals surface area (Å²) in [6, 6.07) is 5.91. The molecule has 1 aliphatic carbocycles. The summed E-state index contributed by atoms with van der Waals surface area (Å²) in [5, 5.41) is 12.3. The lowest BCUT2D eigenvalue weighted by atomic mass is 9.84.